The lowest BCUT2D eigenvalue weighted by Crippen LogP contribution is -2.45. The summed E-state index contributed by atoms with van der Waals surface area (Å²) in [7, 11) is 0. The van der Waals surface area contributed by atoms with E-state index in [-0.39, 0.29) is 18.4 Å². The summed E-state index contributed by atoms with van der Waals surface area (Å²) in [6.07, 6.45) is 7.20. The number of carbonyl (C=O) groups excluding carboxylic acids is 1. The molecular formula is C18H19N7O. The Kier molecular flexibility index (Phi) is 4.27. The van der Waals surface area contributed by atoms with E-state index in [4.69, 9.17) is 5.26 Å². The summed E-state index contributed by atoms with van der Waals surface area (Å²) in [5.74, 6) is -0.102. The first-order valence-electron chi connectivity index (χ1n) is 8.63. The molecule has 0 saturated carbocycles. The molecule has 0 bridgehead atoms. The molecule has 8 nitrogen and oxygen atoms in total. The summed E-state index contributed by atoms with van der Waals surface area (Å²) in [6.45, 7) is 1.30. The first kappa shape index (κ1) is 16.1. The SMILES string of the molecule is N#CCC(=O)N1CCCC(Nc2c(-c3ccn[nH]3)cnc3[nH]ccc23)C1. The maximum atomic E-state index is 12.1. The van der Waals surface area contributed by atoms with Crippen molar-refractivity contribution in [1.82, 2.24) is 25.1 Å². The van der Waals surface area contributed by atoms with Crippen LogP contribution in [0.2, 0.25) is 0 Å². The van der Waals surface area contributed by atoms with Crippen molar-refractivity contribution in [3.63, 3.8) is 0 Å². The van der Waals surface area contributed by atoms with E-state index >= 15 is 0 Å². The zero-order valence-corrected chi connectivity index (χ0v) is 14.2. The van der Waals surface area contributed by atoms with Gasteiger partial charge in [-0.1, -0.05) is 0 Å². The van der Waals surface area contributed by atoms with E-state index in [1.807, 2.05) is 30.6 Å². The van der Waals surface area contributed by atoms with Crippen LogP contribution in [0.15, 0.2) is 30.7 Å². The van der Waals surface area contributed by atoms with Gasteiger partial charge in [0.1, 0.15) is 12.1 Å². The molecule has 1 aliphatic heterocycles. The van der Waals surface area contributed by atoms with Crippen LogP contribution in [-0.4, -0.2) is 50.1 Å². The number of pyridine rings is 1. The predicted molar refractivity (Wildman–Crippen MR) is 97.1 cm³/mol. The normalized spacial score (nSPS) is 17.2. The van der Waals surface area contributed by atoms with E-state index in [9.17, 15) is 4.79 Å². The number of nitrogens with zero attached hydrogens (tertiary/aromatic N) is 4. The monoisotopic (exact) mass is 349 g/mol. The van der Waals surface area contributed by atoms with Gasteiger partial charge in [0.15, 0.2) is 0 Å². The van der Waals surface area contributed by atoms with Crippen molar-refractivity contribution < 1.29 is 4.79 Å². The molecule has 132 valence electrons. The van der Waals surface area contributed by atoms with Crippen molar-refractivity contribution in [1.29, 1.82) is 5.26 Å². The van der Waals surface area contributed by atoms with Crippen LogP contribution < -0.4 is 5.32 Å². The molecule has 0 aliphatic carbocycles. The molecule has 0 spiro atoms. The Bertz CT molecular complexity index is 954. The Balaban J connectivity index is 1.64. The number of rotatable bonds is 4. The molecule has 0 radical (unpaired) electrons. The molecule has 3 aromatic heterocycles. The number of aromatic nitrogens is 4. The lowest BCUT2D eigenvalue weighted by Gasteiger charge is -2.33. The Morgan fingerprint density at radius 1 is 1.46 bits per heavy atom. The Morgan fingerprint density at radius 3 is 3.19 bits per heavy atom. The zero-order chi connectivity index (χ0) is 17.9. The Hall–Kier alpha value is -3.34. The standard InChI is InChI=1S/C18H19N7O/c19-6-3-16(26)25-9-1-2-12(11-25)23-17-13-4-7-20-18(13)21-10-14(17)15-5-8-22-24-15/h4-5,7-8,10,12H,1-3,9,11H2,(H,22,24)(H2,20,21,23). The third-order valence-electron chi connectivity index (χ3n) is 4.73. The second-order valence-corrected chi connectivity index (χ2v) is 6.42. The van der Waals surface area contributed by atoms with Crippen molar-refractivity contribution in [3.8, 4) is 17.3 Å². The van der Waals surface area contributed by atoms with E-state index < -0.39 is 0 Å². The van der Waals surface area contributed by atoms with Crippen LogP contribution >= 0.6 is 0 Å². The highest BCUT2D eigenvalue weighted by Gasteiger charge is 2.25. The van der Waals surface area contributed by atoms with Crippen LogP contribution in [0, 0.1) is 11.3 Å². The summed E-state index contributed by atoms with van der Waals surface area (Å²) >= 11 is 0. The second kappa shape index (κ2) is 6.88. The summed E-state index contributed by atoms with van der Waals surface area (Å²) in [5, 5.41) is 20.4. The number of carbonyl (C=O) groups is 1. The molecule has 1 unspecified atom stereocenters. The highest BCUT2D eigenvalue weighted by molar-refractivity contribution is 5.97. The van der Waals surface area contributed by atoms with E-state index in [2.05, 4.69) is 25.5 Å². The highest BCUT2D eigenvalue weighted by atomic mass is 16.2. The van der Waals surface area contributed by atoms with Gasteiger partial charge in [-0.25, -0.2) is 4.98 Å². The van der Waals surface area contributed by atoms with Crippen LogP contribution in [0.1, 0.15) is 19.3 Å². The molecule has 1 amide bonds. The number of anilines is 1. The molecule has 1 aliphatic rings. The smallest absolute Gasteiger partial charge is 0.236 e. The van der Waals surface area contributed by atoms with Crippen molar-refractivity contribution >= 4 is 22.6 Å². The van der Waals surface area contributed by atoms with Crippen molar-refractivity contribution in [2.45, 2.75) is 25.3 Å². The number of fused-ring (bicyclic) bond motifs is 1. The van der Waals surface area contributed by atoms with Crippen LogP contribution in [0.4, 0.5) is 5.69 Å². The molecule has 8 heteroatoms. The third-order valence-corrected chi connectivity index (χ3v) is 4.73. The average molecular weight is 349 g/mol. The highest BCUT2D eigenvalue weighted by Crippen LogP contribution is 2.33. The number of nitriles is 1. The number of hydrogen-bond donors (Lipinski definition) is 3. The number of H-pyrrole nitrogens is 2. The van der Waals surface area contributed by atoms with Gasteiger partial charge in [-0.05, 0) is 25.0 Å². The van der Waals surface area contributed by atoms with Crippen LogP contribution in [0.25, 0.3) is 22.3 Å². The van der Waals surface area contributed by atoms with Crippen molar-refractivity contribution in [3.05, 3.63) is 30.7 Å². The fourth-order valence-corrected chi connectivity index (χ4v) is 3.48. The topological polar surface area (TPSA) is 113 Å². The first-order chi connectivity index (χ1) is 12.8. The number of piperidine rings is 1. The van der Waals surface area contributed by atoms with Gasteiger partial charge in [0, 0.05) is 48.7 Å². The van der Waals surface area contributed by atoms with Gasteiger partial charge in [0.25, 0.3) is 0 Å². The molecular weight excluding hydrogens is 330 g/mol. The van der Waals surface area contributed by atoms with Gasteiger partial charge in [0.05, 0.1) is 17.5 Å². The van der Waals surface area contributed by atoms with Gasteiger partial charge in [-0.15, -0.1) is 0 Å². The average Bonchev–Trinajstić information content (AvgIpc) is 3.34. The van der Waals surface area contributed by atoms with Crippen LogP contribution in [-0.2, 0) is 4.79 Å². The molecule has 1 saturated heterocycles. The maximum Gasteiger partial charge on any atom is 0.236 e. The van der Waals surface area contributed by atoms with Crippen molar-refractivity contribution in [2.24, 2.45) is 0 Å². The molecule has 3 N–H and O–H groups in total. The molecule has 4 heterocycles. The lowest BCUT2D eigenvalue weighted by molar-refractivity contribution is -0.131. The third kappa shape index (κ3) is 2.99. The predicted octanol–water partition coefficient (Wildman–Crippen LogP) is 2.27. The van der Waals surface area contributed by atoms with Gasteiger partial charge in [0.2, 0.25) is 5.91 Å². The summed E-state index contributed by atoms with van der Waals surface area (Å²) in [4.78, 5) is 21.5. The number of aromatic amines is 2. The number of amides is 1. The largest absolute Gasteiger partial charge is 0.379 e. The van der Waals surface area contributed by atoms with Crippen LogP contribution in [0.3, 0.4) is 0 Å². The number of likely N-dealkylation sites (tertiary alicyclic amines) is 1. The van der Waals surface area contributed by atoms with Gasteiger partial charge in [-0.2, -0.15) is 10.4 Å². The lowest BCUT2D eigenvalue weighted by atomic mass is 10.0. The molecule has 4 rings (SSSR count). The summed E-state index contributed by atoms with van der Waals surface area (Å²) < 4.78 is 0. The molecule has 1 fully saturated rings. The molecule has 3 aromatic rings. The van der Waals surface area contributed by atoms with Gasteiger partial charge < -0.3 is 15.2 Å². The molecule has 0 aromatic carbocycles. The van der Waals surface area contributed by atoms with E-state index in [1.165, 1.54) is 0 Å². The van der Waals surface area contributed by atoms with Gasteiger partial charge >= 0.3 is 0 Å². The minimum Gasteiger partial charge on any atom is -0.379 e. The Labute approximate surface area is 150 Å². The second-order valence-electron chi connectivity index (χ2n) is 6.42. The first-order valence-corrected chi connectivity index (χ1v) is 8.63. The fourth-order valence-electron chi connectivity index (χ4n) is 3.48. The van der Waals surface area contributed by atoms with E-state index in [1.54, 1.807) is 11.1 Å². The number of nitrogens with one attached hydrogen (secondary N) is 3. The van der Waals surface area contributed by atoms with Crippen molar-refractivity contribution in [2.75, 3.05) is 18.4 Å². The summed E-state index contributed by atoms with van der Waals surface area (Å²) in [5.41, 5.74) is 3.61. The maximum absolute atomic E-state index is 12.1. The molecule has 1 atom stereocenters. The molecule has 26 heavy (non-hydrogen) atoms. The van der Waals surface area contributed by atoms with E-state index in [0.29, 0.717) is 13.1 Å². The zero-order valence-electron chi connectivity index (χ0n) is 14.2. The quantitative estimate of drug-likeness (QED) is 0.668. The van der Waals surface area contributed by atoms with Crippen LogP contribution in [0.5, 0.6) is 0 Å². The fraction of sp³-hybridized carbons (Fsp3) is 0.333. The Morgan fingerprint density at radius 2 is 2.38 bits per heavy atom. The van der Waals surface area contributed by atoms with Gasteiger partial charge in [-0.3, -0.25) is 9.89 Å². The summed E-state index contributed by atoms with van der Waals surface area (Å²) in [6, 6.07) is 5.96. The van der Waals surface area contributed by atoms with E-state index in [0.717, 1.165) is 40.8 Å². The minimum absolute atomic E-state index is 0.0660. The minimum atomic E-state index is -0.102. The number of hydrogen-bond acceptors (Lipinski definition) is 5.